The Balaban J connectivity index is 2.70. The van der Waals surface area contributed by atoms with Gasteiger partial charge in [-0.2, -0.15) is 0 Å². The molecule has 0 spiro atoms. The molecule has 0 aliphatic heterocycles. The van der Waals surface area contributed by atoms with Gasteiger partial charge in [-0.3, -0.25) is 0 Å². The van der Waals surface area contributed by atoms with Crippen LogP contribution < -0.4 is 5.73 Å². The molecule has 13 heavy (non-hydrogen) atoms. The zero-order chi connectivity index (χ0) is 9.84. The fourth-order valence-corrected chi connectivity index (χ4v) is 2.16. The van der Waals surface area contributed by atoms with Crippen molar-refractivity contribution in [3.63, 3.8) is 0 Å². The molecule has 1 heterocycles. The SMILES string of the molecule is CC(C)C(CN)C(F)c1cccs1. The highest BCUT2D eigenvalue weighted by Gasteiger charge is 2.24. The van der Waals surface area contributed by atoms with E-state index in [1.54, 1.807) is 0 Å². The number of hydrogen-bond donors (Lipinski definition) is 1. The van der Waals surface area contributed by atoms with Crippen LogP contribution in [0.3, 0.4) is 0 Å². The minimum atomic E-state index is -0.898. The molecule has 1 aromatic rings. The van der Waals surface area contributed by atoms with Gasteiger partial charge in [0.1, 0.15) is 6.17 Å². The highest BCUT2D eigenvalue weighted by atomic mass is 32.1. The Kier molecular flexibility index (Phi) is 3.88. The van der Waals surface area contributed by atoms with Crippen molar-refractivity contribution >= 4 is 11.3 Å². The van der Waals surface area contributed by atoms with Crippen LogP contribution in [0.5, 0.6) is 0 Å². The molecule has 3 heteroatoms. The molecule has 2 atom stereocenters. The number of thiophene rings is 1. The summed E-state index contributed by atoms with van der Waals surface area (Å²) in [6, 6.07) is 3.71. The van der Waals surface area contributed by atoms with Gasteiger partial charge >= 0.3 is 0 Å². The van der Waals surface area contributed by atoms with Crippen LogP contribution in [0.4, 0.5) is 4.39 Å². The molecule has 0 saturated heterocycles. The van der Waals surface area contributed by atoms with E-state index in [4.69, 9.17) is 5.73 Å². The van der Waals surface area contributed by atoms with E-state index in [0.29, 0.717) is 12.5 Å². The smallest absolute Gasteiger partial charge is 0.138 e. The molecule has 2 unspecified atom stereocenters. The fourth-order valence-electron chi connectivity index (χ4n) is 1.39. The first kappa shape index (κ1) is 10.7. The number of nitrogens with two attached hydrogens (primary N) is 1. The Hall–Kier alpha value is -0.410. The van der Waals surface area contributed by atoms with Gasteiger partial charge in [0.2, 0.25) is 0 Å². The number of hydrogen-bond acceptors (Lipinski definition) is 2. The lowest BCUT2D eigenvalue weighted by Crippen LogP contribution is -2.24. The normalized spacial score (nSPS) is 16.1. The monoisotopic (exact) mass is 201 g/mol. The van der Waals surface area contributed by atoms with Crippen LogP contribution in [0.2, 0.25) is 0 Å². The zero-order valence-corrected chi connectivity index (χ0v) is 8.85. The predicted octanol–water partition coefficient (Wildman–Crippen LogP) is 2.99. The molecule has 0 saturated carbocycles. The van der Waals surface area contributed by atoms with E-state index in [-0.39, 0.29) is 5.92 Å². The van der Waals surface area contributed by atoms with E-state index in [0.717, 1.165) is 4.88 Å². The Labute approximate surface area is 82.8 Å². The van der Waals surface area contributed by atoms with Crippen molar-refractivity contribution < 1.29 is 4.39 Å². The third-order valence-corrected chi connectivity index (χ3v) is 3.25. The van der Waals surface area contributed by atoms with E-state index < -0.39 is 6.17 Å². The second kappa shape index (κ2) is 4.72. The lowest BCUT2D eigenvalue weighted by atomic mass is 9.90. The summed E-state index contributed by atoms with van der Waals surface area (Å²) in [7, 11) is 0. The lowest BCUT2D eigenvalue weighted by Gasteiger charge is -2.21. The van der Waals surface area contributed by atoms with Gasteiger partial charge in [-0.05, 0) is 23.9 Å². The van der Waals surface area contributed by atoms with Crippen molar-refractivity contribution in [3.8, 4) is 0 Å². The predicted molar refractivity (Wildman–Crippen MR) is 55.6 cm³/mol. The van der Waals surface area contributed by atoms with Gasteiger partial charge in [-0.1, -0.05) is 19.9 Å². The second-order valence-electron chi connectivity index (χ2n) is 3.56. The highest BCUT2D eigenvalue weighted by molar-refractivity contribution is 7.10. The maximum atomic E-state index is 13.8. The molecule has 1 aromatic heterocycles. The van der Waals surface area contributed by atoms with Gasteiger partial charge < -0.3 is 5.73 Å². The second-order valence-corrected chi connectivity index (χ2v) is 4.54. The van der Waals surface area contributed by atoms with Gasteiger partial charge in [0.05, 0.1) is 0 Å². The zero-order valence-electron chi connectivity index (χ0n) is 8.03. The average Bonchev–Trinajstić information content (AvgIpc) is 2.56. The summed E-state index contributed by atoms with van der Waals surface area (Å²) in [5.74, 6) is 0.237. The van der Waals surface area contributed by atoms with E-state index in [9.17, 15) is 4.39 Å². The van der Waals surface area contributed by atoms with E-state index in [2.05, 4.69) is 0 Å². The minimum Gasteiger partial charge on any atom is -0.330 e. The fraction of sp³-hybridized carbons (Fsp3) is 0.600. The van der Waals surface area contributed by atoms with Crippen molar-refractivity contribution in [2.24, 2.45) is 17.6 Å². The molecule has 0 amide bonds. The lowest BCUT2D eigenvalue weighted by molar-refractivity contribution is 0.192. The van der Waals surface area contributed by atoms with Crippen LogP contribution >= 0.6 is 11.3 Å². The van der Waals surface area contributed by atoms with Gasteiger partial charge in [-0.15, -0.1) is 11.3 Å². The number of rotatable bonds is 4. The van der Waals surface area contributed by atoms with Crippen molar-refractivity contribution in [1.82, 2.24) is 0 Å². The highest BCUT2D eigenvalue weighted by Crippen LogP contribution is 2.33. The third-order valence-electron chi connectivity index (χ3n) is 2.32. The van der Waals surface area contributed by atoms with Crippen LogP contribution in [0.15, 0.2) is 17.5 Å². The summed E-state index contributed by atoms with van der Waals surface area (Å²) in [6.45, 7) is 4.44. The van der Waals surface area contributed by atoms with Crippen molar-refractivity contribution in [2.75, 3.05) is 6.54 Å². The molecule has 1 nitrogen and oxygen atoms in total. The van der Waals surface area contributed by atoms with Crippen LogP contribution in [-0.2, 0) is 0 Å². The summed E-state index contributed by atoms with van der Waals surface area (Å²) in [4.78, 5) is 0.796. The molecule has 0 aliphatic carbocycles. The van der Waals surface area contributed by atoms with Gasteiger partial charge in [0.15, 0.2) is 0 Å². The molecular weight excluding hydrogens is 185 g/mol. The molecule has 1 rings (SSSR count). The van der Waals surface area contributed by atoms with E-state index in [1.807, 2.05) is 31.4 Å². The van der Waals surface area contributed by atoms with Crippen LogP contribution in [0.25, 0.3) is 0 Å². The first-order valence-corrected chi connectivity index (χ1v) is 5.42. The molecule has 2 N–H and O–H groups in total. The summed E-state index contributed by atoms with van der Waals surface area (Å²) in [5, 5.41) is 1.90. The van der Waals surface area contributed by atoms with Crippen LogP contribution in [-0.4, -0.2) is 6.54 Å². The first-order chi connectivity index (χ1) is 6.16. The quantitative estimate of drug-likeness (QED) is 0.796. The van der Waals surface area contributed by atoms with Crippen molar-refractivity contribution in [1.29, 1.82) is 0 Å². The van der Waals surface area contributed by atoms with Crippen LogP contribution in [0, 0.1) is 11.8 Å². The Bertz CT molecular complexity index is 233. The number of alkyl halides is 1. The maximum absolute atomic E-state index is 13.8. The molecular formula is C10H16FNS. The molecule has 74 valence electrons. The molecule has 0 bridgehead atoms. The molecule has 0 fully saturated rings. The van der Waals surface area contributed by atoms with Crippen LogP contribution in [0.1, 0.15) is 24.9 Å². The topological polar surface area (TPSA) is 26.0 Å². The van der Waals surface area contributed by atoms with E-state index >= 15 is 0 Å². The minimum absolute atomic E-state index is 0.0568. The number of halogens is 1. The molecule has 0 aromatic carbocycles. The largest absolute Gasteiger partial charge is 0.330 e. The summed E-state index contributed by atoms with van der Waals surface area (Å²) >= 11 is 1.46. The van der Waals surface area contributed by atoms with Gasteiger partial charge in [-0.25, -0.2) is 4.39 Å². The first-order valence-electron chi connectivity index (χ1n) is 4.54. The van der Waals surface area contributed by atoms with Crippen molar-refractivity contribution in [3.05, 3.63) is 22.4 Å². The Morgan fingerprint density at radius 1 is 1.54 bits per heavy atom. The standard InChI is InChI=1S/C10H16FNS/c1-7(2)8(6-12)10(11)9-4-3-5-13-9/h3-5,7-8,10H,6,12H2,1-2H3. The summed E-state index contributed by atoms with van der Waals surface area (Å²) < 4.78 is 13.8. The summed E-state index contributed by atoms with van der Waals surface area (Å²) in [5.41, 5.74) is 5.55. The Morgan fingerprint density at radius 2 is 2.23 bits per heavy atom. The third kappa shape index (κ3) is 2.51. The summed E-state index contributed by atoms with van der Waals surface area (Å²) in [6.07, 6.45) is -0.898. The molecule has 0 radical (unpaired) electrons. The maximum Gasteiger partial charge on any atom is 0.138 e. The van der Waals surface area contributed by atoms with Gasteiger partial charge in [0, 0.05) is 10.8 Å². The van der Waals surface area contributed by atoms with E-state index in [1.165, 1.54) is 11.3 Å². The average molecular weight is 201 g/mol. The van der Waals surface area contributed by atoms with Crippen molar-refractivity contribution in [2.45, 2.75) is 20.0 Å². The molecule has 0 aliphatic rings. The Morgan fingerprint density at radius 3 is 2.62 bits per heavy atom. The van der Waals surface area contributed by atoms with Gasteiger partial charge in [0.25, 0.3) is 0 Å².